The molecule has 10 heteroatoms. The molecule has 0 spiro atoms. The van der Waals surface area contributed by atoms with E-state index in [1.165, 1.54) is 22.3 Å². The van der Waals surface area contributed by atoms with Crippen LogP contribution in [0, 0.1) is 20.8 Å². The van der Waals surface area contributed by atoms with Gasteiger partial charge in [0.15, 0.2) is 0 Å². The number of aryl methyl sites for hydroxylation is 3. The van der Waals surface area contributed by atoms with Crippen LogP contribution in [0.2, 0.25) is 0 Å². The number of nitrogens with two attached hydrogens (primary N) is 1. The van der Waals surface area contributed by atoms with Crippen LogP contribution in [0.5, 0.6) is 0 Å². The summed E-state index contributed by atoms with van der Waals surface area (Å²) in [4.78, 5) is 26.8. The maximum Gasteiger partial charge on any atom is 0.411 e. The molecule has 6 N–H and O–H groups in total. The number of nitrogen functional groups attached to an aromatic ring is 1. The van der Waals surface area contributed by atoms with Crippen LogP contribution in [0.1, 0.15) is 36.1 Å². The highest BCUT2D eigenvalue weighted by Gasteiger charge is 2.19. The Morgan fingerprint density at radius 2 is 1.52 bits per heavy atom. The summed E-state index contributed by atoms with van der Waals surface area (Å²) in [5, 5.41) is 8.42. The number of hydrogen-bond acceptors (Lipinski definition) is 6. The summed E-state index contributed by atoms with van der Waals surface area (Å²) >= 11 is 0. The fraction of sp³-hybridized carbons (Fsp3) is 0.381. The van der Waals surface area contributed by atoms with Gasteiger partial charge in [-0.2, -0.15) is 0 Å². The molecule has 1 aromatic carbocycles. The topological polar surface area (TPSA) is 129 Å². The van der Waals surface area contributed by atoms with E-state index in [-0.39, 0.29) is 42.8 Å². The average Bonchev–Trinajstić information content (AvgIpc) is 2.64. The zero-order chi connectivity index (χ0) is 22.3. The zero-order valence-electron chi connectivity index (χ0n) is 18.4. The van der Waals surface area contributed by atoms with Gasteiger partial charge in [-0.05, 0) is 51.3 Å². The van der Waals surface area contributed by atoms with Crippen LogP contribution in [0.4, 0.5) is 32.6 Å². The summed E-state index contributed by atoms with van der Waals surface area (Å²) < 4.78 is 9.84. The van der Waals surface area contributed by atoms with Gasteiger partial charge in [-0.25, -0.2) is 14.6 Å². The molecule has 0 radical (unpaired) electrons. The minimum absolute atomic E-state index is 0. The van der Waals surface area contributed by atoms with E-state index in [2.05, 4.69) is 53.8 Å². The number of anilines is 4. The van der Waals surface area contributed by atoms with Gasteiger partial charge >= 0.3 is 12.2 Å². The molecule has 0 atom stereocenters. The van der Waals surface area contributed by atoms with Crippen LogP contribution >= 0.6 is 0 Å². The SMILES string of the molecule is CCOC(=O)Nc1cc(NCc2c(C)cc(C)cc2C)[nH+]c(N)c1NC(=O)OCC.[Cl-]. The molecule has 0 aliphatic heterocycles. The molecule has 0 aliphatic rings. The van der Waals surface area contributed by atoms with E-state index < -0.39 is 12.2 Å². The quantitative estimate of drug-likeness (QED) is 0.492. The van der Waals surface area contributed by atoms with Gasteiger partial charge in [-0.1, -0.05) is 17.7 Å². The molecule has 0 saturated heterocycles. The largest absolute Gasteiger partial charge is 1.00 e. The van der Waals surface area contributed by atoms with Gasteiger partial charge in [0, 0.05) is 6.07 Å². The van der Waals surface area contributed by atoms with Gasteiger partial charge in [0.05, 0.1) is 25.4 Å². The Morgan fingerprint density at radius 3 is 2.06 bits per heavy atom. The van der Waals surface area contributed by atoms with E-state index in [0.717, 1.165) is 0 Å². The van der Waals surface area contributed by atoms with Gasteiger partial charge in [-0.15, -0.1) is 0 Å². The number of amides is 2. The molecule has 0 aliphatic carbocycles. The highest BCUT2D eigenvalue weighted by Crippen LogP contribution is 2.28. The lowest BCUT2D eigenvalue weighted by molar-refractivity contribution is -0.342. The number of aromatic amines is 1. The molecule has 2 amide bonds. The number of carbonyl (C=O) groups is 2. The molecule has 170 valence electrons. The summed E-state index contributed by atoms with van der Waals surface area (Å²) in [6.07, 6.45) is -1.35. The summed E-state index contributed by atoms with van der Waals surface area (Å²) in [7, 11) is 0. The fourth-order valence-electron chi connectivity index (χ4n) is 3.15. The number of rotatable bonds is 7. The van der Waals surface area contributed by atoms with Crippen molar-refractivity contribution < 1.29 is 36.5 Å². The monoisotopic (exact) mass is 451 g/mol. The molecule has 2 rings (SSSR count). The Balaban J connectivity index is 0.00000480. The van der Waals surface area contributed by atoms with Gasteiger partial charge < -0.3 is 32.9 Å². The predicted molar refractivity (Wildman–Crippen MR) is 117 cm³/mol. The van der Waals surface area contributed by atoms with Crippen LogP contribution in [-0.2, 0) is 16.0 Å². The van der Waals surface area contributed by atoms with Crippen molar-refractivity contribution in [2.75, 3.05) is 34.9 Å². The van der Waals surface area contributed by atoms with Crippen LogP contribution in [0.25, 0.3) is 0 Å². The van der Waals surface area contributed by atoms with Crippen LogP contribution < -0.4 is 39.1 Å². The van der Waals surface area contributed by atoms with Crippen molar-refractivity contribution in [3.63, 3.8) is 0 Å². The molecule has 1 heterocycles. The lowest BCUT2D eigenvalue weighted by atomic mass is 10.00. The molecular weight excluding hydrogens is 422 g/mol. The number of aromatic nitrogens is 1. The summed E-state index contributed by atoms with van der Waals surface area (Å²) in [6.45, 7) is 10.5. The maximum absolute atomic E-state index is 12.0. The van der Waals surface area contributed by atoms with Crippen LogP contribution in [-0.4, -0.2) is 25.4 Å². The Morgan fingerprint density at radius 1 is 0.968 bits per heavy atom. The van der Waals surface area contributed by atoms with E-state index in [9.17, 15) is 9.59 Å². The summed E-state index contributed by atoms with van der Waals surface area (Å²) in [5.74, 6) is 0.713. The Hall–Kier alpha value is -3.20. The first-order chi connectivity index (χ1) is 14.2. The van der Waals surface area contributed by atoms with E-state index in [0.29, 0.717) is 12.4 Å². The molecule has 0 fully saturated rings. The third-order valence-electron chi connectivity index (χ3n) is 4.41. The minimum Gasteiger partial charge on any atom is -1.00 e. The lowest BCUT2D eigenvalue weighted by Gasteiger charge is -2.15. The Labute approximate surface area is 188 Å². The van der Waals surface area contributed by atoms with Crippen molar-refractivity contribution in [1.29, 1.82) is 0 Å². The molecular formula is C21H30ClN5O4. The molecule has 2 aromatic rings. The second kappa shape index (κ2) is 11.8. The first kappa shape index (κ1) is 25.8. The highest BCUT2D eigenvalue weighted by atomic mass is 35.5. The molecule has 0 saturated carbocycles. The number of hydrogen-bond donors (Lipinski definition) is 4. The highest BCUT2D eigenvalue weighted by molar-refractivity contribution is 5.98. The van der Waals surface area contributed by atoms with Crippen LogP contribution in [0.15, 0.2) is 18.2 Å². The Kier molecular flexibility index (Phi) is 9.88. The molecule has 1 aromatic heterocycles. The maximum atomic E-state index is 12.0. The molecule has 0 bridgehead atoms. The van der Waals surface area contributed by atoms with Gasteiger partial charge in [0.2, 0.25) is 11.6 Å². The van der Waals surface area contributed by atoms with Gasteiger partial charge in [-0.3, -0.25) is 10.6 Å². The van der Waals surface area contributed by atoms with Crippen molar-refractivity contribution >= 4 is 35.2 Å². The number of H-pyrrole nitrogens is 1. The number of ether oxygens (including phenoxy) is 2. The lowest BCUT2D eigenvalue weighted by Crippen LogP contribution is -3.00. The predicted octanol–water partition coefficient (Wildman–Crippen LogP) is 0.761. The van der Waals surface area contributed by atoms with E-state index in [1.807, 2.05) is 0 Å². The number of nitrogens with one attached hydrogen (secondary N) is 4. The smallest absolute Gasteiger partial charge is 0.411 e. The normalized spacial score (nSPS) is 9.97. The zero-order valence-corrected chi connectivity index (χ0v) is 19.2. The average molecular weight is 452 g/mol. The summed E-state index contributed by atoms with van der Waals surface area (Å²) in [5.41, 5.74) is 11.3. The number of benzene rings is 1. The number of pyridine rings is 1. The van der Waals surface area contributed by atoms with Gasteiger partial charge in [0.25, 0.3) is 0 Å². The summed E-state index contributed by atoms with van der Waals surface area (Å²) in [6, 6.07) is 5.89. The third kappa shape index (κ3) is 7.21. The van der Waals surface area contributed by atoms with E-state index in [4.69, 9.17) is 15.2 Å². The van der Waals surface area contributed by atoms with Crippen molar-refractivity contribution in [2.24, 2.45) is 0 Å². The first-order valence-corrected chi connectivity index (χ1v) is 9.79. The number of halogens is 1. The second-order valence-electron chi connectivity index (χ2n) is 6.81. The standard InChI is InChI=1S/C21H29N5O4.ClH/c1-6-29-20(27)24-16-10-17(25-19(22)18(16)26-21(28)30-7-2)23-11-15-13(4)8-12(3)9-14(15)5;/h8-10H,6-7,11H2,1-5H3,(H,26,28)(H4,22,23,24,25,27);1H. The van der Waals surface area contributed by atoms with Crippen molar-refractivity contribution in [1.82, 2.24) is 0 Å². The minimum atomic E-state index is -0.684. The first-order valence-electron chi connectivity index (χ1n) is 9.79. The molecule has 0 unspecified atom stereocenters. The third-order valence-corrected chi connectivity index (χ3v) is 4.41. The van der Waals surface area contributed by atoms with E-state index >= 15 is 0 Å². The van der Waals surface area contributed by atoms with Crippen molar-refractivity contribution in [2.45, 2.75) is 41.2 Å². The second-order valence-corrected chi connectivity index (χ2v) is 6.81. The van der Waals surface area contributed by atoms with Crippen LogP contribution in [0.3, 0.4) is 0 Å². The molecule has 31 heavy (non-hydrogen) atoms. The number of carbonyl (C=O) groups excluding carboxylic acids is 2. The fourth-order valence-corrected chi connectivity index (χ4v) is 3.15. The van der Waals surface area contributed by atoms with Crippen molar-refractivity contribution in [3.8, 4) is 0 Å². The molecule has 9 nitrogen and oxygen atoms in total. The van der Waals surface area contributed by atoms with Crippen molar-refractivity contribution in [3.05, 3.63) is 40.5 Å². The van der Waals surface area contributed by atoms with Gasteiger partial charge in [0.1, 0.15) is 5.69 Å². The van der Waals surface area contributed by atoms with E-state index in [1.54, 1.807) is 19.9 Å². The Bertz CT molecular complexity index is 913.